The number of esters is 1. The zero-order chi connectivity index (χ0) is 14.3. The molecule has 0 N–H and O–H groups in total. The minimum absolute atomic E-state index is 0.153. The van der Waals surface area contributed by atoms with E-state index in [1.54, 1.807) is 4.90 Å². The summed E-state index contributed by atoms with van der Waals surface area (Å²) in [6, 6.07) is -0.490. The lowest BCUT2D eigenvalue weighted by molar-refractivity contribution is -0.150. The zero-order valence-corrected chi connectivity index (χ0v) is 12.2. The van der Waals surface area contributed by atoms with E-state index in [0.717, 1.165) is 25.7 Å². The molecular formula is C14H23NO4. The molecule has 1 saturated carbocycles. The van der Waals surface area contributed by atoms with Gasteiger partial charge in [-0.15, -0.1) is 0 Å². The molecule has 2 aliphatic rings. The normalized spacial score (nSPS) is 25.1. The Labute approximate surface area is 114 Å². The molecule has 0 bridgehead atoms. The van der Waals surface area contributed by atoms with Gasteiger partial charge in [0.05, 0.1) is 7.11 Å². The molecule has 19 heavy (non-hydrogen) atoms. The second kappa shape index (κ2) is 4.69. The summed E-state index contributed by atoms with van der Waals surface area (Å²) in [5.74, 6) is -0.336. The number of piperidine rings is 1. The molecule has 0 aromatic rings. The van der Waals surface area contributed by atoms with Crippen LogP contribution in [0.15, 0.2) is 0 Å². The van der Waals surface area contributed by atoms with Crippen LogP contribution in [-0.2, 0) is 14.3 Å². The average Bonchev–Trinajstić information content (AvgIpc) is 3.05. The maximum atomic E-state index is 12.4. The van der Waals surface area contributed by atoms with Crippen LogP contribution in [-0.4, -0.2) is 41.3 Å². The van der Waals surface area contributed by atoms with Crippen molar-refractivity contribution in [1.29, 1.82) is 0 Å². The van der Waals surface area contributed by atoms with Gasteiger partial charge in [-0.25, -0.2) is 9.59 Å². The Morgan fingerprint density at radius 2 is 1.84 bits per heavy atom. The lowest BCUT2D eigenvalue weighted by Crippen LogP contribution is -2.56. The number of likely N-dealkylation sites (tertiary alicyclic amines) is 1. The van der Waals surface area contributed by atoms with Gasteiger partial charge in [0.2, 0.25) is 0 Å². The third-order valence-corrected chi connectivity index (χ3v) is 3.83. The minimum atomic E-state index is -0.550. The van der Waals surface area contributed by atoms with E-state index in [1.165, 1.54) is 7.11 Å². The highest BCUT2D eigenvalue weighted by molar-refractivity contribution is 5.82. The SMILES string of the molecule is COC(=O)C1CCCC2(CC2)N1C(=O)OC(C)(C)C. The second-order valence-corrected chi connectivity index (χ2v) is 6.51. The number of nitrogens with zero attached hydrogens (tertiary/aromatic N) is 1. The van der Waals surface area contributed by atoms with Crippen molar-refractivity contribution in [3.05, 3.63) is 0 Å². The predicted octanol–water partition coefficient (Wildman–Crippen LogP) is 2.48. The fraction of sp³-hybridized carbons (Fsp3) is 0.857. The predicted molar refractivity (Wildman–Crippen MR) is 69.7 cm³/mol. The Morgan fingerprint density at radius 3 is 2.32 bits per heavy atom. The summed E-state index contributed by atoms with van der Waals surface area (Å²) in [5, 5.41) is 0. The summed E-state index contributed by atoms with van der Waals surface area (Å²) >= 11 is 0. The Bertz CT molecular complexity index is 381. The van der Waals surface area contributed by atoms with Crippen LogP contribution in [0.1, 0.15) is 52.9 Å². The van der Waals surface area contributed by atoms with Gasteiger partial charge in [0.25, 0.3) is 0 Å². The quantitative estimate of drug-likeness (QED) is 0.686. The average molecular weight is 269 g/mol. The van der Waals surface area contributed by atoms with Gasteiger partial charge in [-0.2, -0.15) is 0 Å². The van der Waals surface area contributed by atoms with Crippen LogP contribution in [0.25, 0.3) is 0 Å². The van der Waals surface area contributed by atoms with Crippen molar-refractivity contribution in [2.24, 2.45) is 0 Å². The molecule has 0 aromatic carbocycles. The van der Waals surface area contributed by atoms with E-state index in [0.29, 0.717) is 6.42 Å². The lowest BCUT2D eigenvalue weighted by Gasteiger charge is -2.41. The van der Waals surface area contributed by atoms with Gasteiger partial charge in [0.1, 0.15) is 11.6 Å². The Balaban J connectivity index is 2.20. The number of carbonyl (C=O) groups excluding carboxylic acids is 2. The number of carbonyl (C=O) groups is 2. The highest BCUT2D eigenvalue weighted by Gasteiger charge is 2.57. The van der Waals surface area contributed by atoms with Crippen molar-refractivity contribution < 1.29 is 19.1 Å². The molecule has 1 aliphatic carbocycles. The summed E-state index contributed by atoms with van der Waals surface area (Å²) in [7, 11) is 1.36. The molecule has 2 fully saturated rings. The van der Waals surface area contributed by atoms with Gasteiger partial charge in [0, 0.05) is 5.54 Å². The summed E-state index contributed by atoms with van der Waals surface area (Å²) < 4.78 is 10.3. The molecule has 108 valence electrons. The molecule has 1 atom stereocenters. The summed E-state index contributed by atoms with van der Waals surface area (Å²) in [6.07, 6.45) is 4.10. The van der Waals surface area contributed by atoms with E-state index in [-0.39, 0.29) is 17.6 Å². The number of methoxy groups -OCH3 is 1. The molecule has 1 unspecified atom stereocenters. The van der Waals surface area contributed by atoms with E-state index in [2.05, 4.69) is 0 Å². The standard InChI is InChI=1S/C14H23NO4/c1-13(2,3)19-12(17)15-10(11(16)18-4)6-5-7-14(15)8-9-14/h10H,5-9H2,1-4H3. The van der Waals surface area contributed by atoms with Crippen molar-refractivity contribution >= 4 is 12.1 Å². The molecule has 1 aliphatic heterocycles. The Kier molecular flexibility index (Phi) is 3.49. The molecule has 1 spiro atoms. The summed E-state index contributed by atoms with van der Waals surface area (Å²) in [6.45, 7) is 5.50. The molecule has 1 amide bonds. The fourth-order valence-corrected chi connectivity index (χ4v) is 2.83. The molecule has 1 heterocycles. The van der Waals surface area contributed by atoms with E-state index >= 15 is 0 Å². The van der Waals surface area contributed by atoms with E-state index < -0.39 is 11.6 Å². The van der Waals surface area contributed by atoms with E-state index in [4.69, 9.17) is 9.47 Å². The third-order valence-electron chi connectivity index (χ3n) is 3.83. The van der Waals surface area contributed by atoms with Crippen LogP contribution in [0.3, 0.4) is 0 Å². The fourth-order valence-electron chi connectivity index (χ4n) is 2.83. The zero-order valence-electron chi connectivity index (χ0n) is 12.2. The van der Waals surface area contributed by atoms with Crippen LogP contribution in [0.2, 0.25) is 0 Å². The molecule has 1 saturated heterocycles. The van der Waals surface area contributed by atoms with Crippen molar-refractivity contribution in [3.8, 4) is 0 Å². The van der Waals surface area contributed by atoms with Crippen molar-refractivity contribution in [3.63, 3.8) is 0 Å². The maximum Gasteiger partial charge on any atom is 0.411 e. The number of rotatable bonds is 1. The maximum absolute atomic E-state index is 12.4. The smallest absolute Gasteiger partial charge is 0.411 e. The van der Waals surface area contributed by atoms with Crippen molar-refractivity contribution in [2.45, 2.75) is 70.1 Å². The minimum Gasteiger partial charge on any atom is -0.467 e. The summed E-state index contributed by atoms with van der Waals surface area (Å²) in [5.41, 5.74) is -0.704. The second-order valence-electron chi connectivity index (χ2n) is 6.51. The van der Waals surface area contributed by atoms with E-state index in [9.17, 15) is 9.59 Å². The highest BCUT2D eigenvalue weighted by atomic mass is 16.6. The van der Waals surface area contributed by atoms with Gasteiger partial charge < -0.3 is 9.47 Å². The molecule has 5 nitrogen and oxygen atoms in total. The largest absolute Gasteiger partial charge is 0.467 e. The molecule has 5 heteroatoms. The Hall–Kier alpha value is -1.26. The van der Waals surface area contributed by atoms with Crippen LogP contribution >= 0.6 is 0 Å². The first-order valence-corrected chi connectivity index (χ1v) is 6.89. The van der Waals surface area contributed by atoms with E-state index in [1.807, 2.05) is 20.8 Å². The lowest BCUT2D eigenvalue weighted by atomic mass is 9.94. The van der Waals surface area contributed by atoms with Crippen LogP contribution in [0.5, 0.6) is 0 Å². The molecular weight excluding hydrogens is 246 g/mol. The molecule has 0 aromatic heterocycles. The van der Waals surface area contributed by atoms with Gasteiger partial charge in [-0.05, 0) is 52.9 Å². The van der Waals surface area contributed by atoms with Gasteiger partial charge in [0.15, 0.2) is 0 Å². The monoisotopic (exact) mass is 269 g/mol. The first-order valence-electron chi connectivity index (χ1n) is 6.89. The third kappa shape index (κ3) is 2.85. The van der Waals surface area contributed by atoms with Crippen LogP contribution in [0.4, 0.5) is 4.79 Å². The number of hydrogen-bond acceptors (Lipinski definition) is 4. The first-order chi connectivity index (χ1) is 8.79. The number of ether oxygens (including phenoxy) is 2. The summed E-state index contributed by atoms with van der Waals surface area (Å²) in [4.78, 5) is 25.9. The Morgan fingerprint density at radius 1 is 1.21 bits per heavy atom. The van der Waals surface area contributed by atoms with Crippen LogP contribution in [0, 0.1) is 0 Å². The number of amides is 1. The first kappa shape index (κ1) is 14.2. The van der Waals surface area contributed by atoms with Crippen molar-refractivity contribution in [2.75, 3.05) is 7.11 Å². The van der Waals surface area contributed by atoms with Crippen molar-refractivity contribution in [1.82, 2.24) is 4.90 Å². The molecule has 0 radical (unpaired) electrons. The topological polar surface area (TPSA) is 55.8 Å². The van der Waals surface area contributed by atoms with Gasteiger partial charge in [-0.1, -0.05) is 0 Å². The van der Waals surface area contributed by atoms with Gasteiger partial charge in [-0.3, -0.25) is 4.90 Å². The van der Waals surface area contributed by atoms with Gasteiger partial charge >= 0.3 is 12.1 Å². The number of hydrogen-bond donors (Lipinski definition) is 0. The van der Waals surface area contributed by atoms with Crippen LogP contribution < -0.4 is 0 Å². The molecule has 2 rings (SSSR count). The highest BCUT2D eigenvalue weighted by Crippen LogP contribution is 2.50.